The Morgan fingerprint density at radius 2 is 2.33 bits per heavy atom. The number of hydrogen-bond acceptors (Lipinski definition) is 7. The summed E-state index contributed by atoms with van der Waals surface area (Å²) < 4.78 is 10.4. The lowest BCUT2D eigenvalue weighted by atomic mass is 9.89. The molecule has 0 fully saturated rings. The first kappa shape index (κ1) is 22.9. The Morgan fingerprint density at radius 3 is 3.10 bits per heavy atom. The summed E-state index contributed by atoms with van der Waals surface area (Å²) in [6.07, 6.45) is 8.41. The predicted molar refractivity (Wildman–Crippen MR) is 119 cm³/mol. The fraction of sp³-hybridized carbons (Fsp3) is 0.636. The maximum atomic E-state index is 12.8. The highest BCUT2D eigenvalue weighted by atomic mass is 32.1. The van der Waals surface area contributed by atoms with Crippen LogP contribution in [0.1, 0.15) is 36.0 Å². The minimum absolute atomic E-state index is 0.0585. The van der Waals surface area contributed by atoms with Gasteiger partial charge in [-0.3, -0.25) is 9.69 Å². The molecule has 7 nitrogen and oxygen atoms in total. The summed E-state index contributed by atoms with van der Waals surface area (Å²) in [4.78, 5) is 24.8. The zero-order valence-electron chi connectivity index (χ0n) is 17.8. The van der Waals surface area contributed by atoms with E-state index in [0.717, 1.165) is 35.9 Å². The number of aryl methyl sites for hydroxylation is 1. The Bertz CT molecular complexity index is 933. The summed E-state index contributed by atoms with van der Waals surface area (Å²) in [5.41, 5.74) is 1.13. The van der Waals surface area contributed by atoms with Crippen molar-refractivity contribution in [2.75, 3.05) is 40.0 Å². The number of nitrogens with one attached hydrogen (secondary N) is 1. The molecule has 2 heterocycles. The number of ether oxygens (including phenoxy) is 2. The van der Waals surface area contributed by atoms with Crippen molar-refractivity contribution in [2.24, 2.45) is 5.92 Å². The number of thiophene rings is 1. The minimum Gasteiger partial charge on any atom is -0.389 e. The topological polar surface area (TPSA) is 87.7 Å². The number of aliphatic hydroxyl groups is 1. The van der Waals surface area contributed by atoms with E-state index >= 15 is 0 Å². The molecule has 1 aliphatic carbocycles. The second-order valence-electron chi connectivity index (χ2n) is 8.00. The van der Waals surface area contributed by atoms with Crippen molar-refractivity contribution in [3.8, 4) is 12.3 Å². The number of methoxy groups -OCH3 is 1. The van der Waals surface area contributed by atoms with Gasteiger partial charge in [0.25, 0.3) is 5.56 Å². The Kier molecular flexibility index (Phi) is 8.42. The van der Waals surface area contributed by atoms with Gasteiger partial charge in [0.05, 0.1) is 24.6 Å². The molecule has 0 spiro atoms. The quantitative estimate of drug-likeness (QED) is 0.416. The van der Waals surface area contributed by atoms with E-state index in [2.05, 4.69) is 22.7 Å². The lowest BCUT2D eigenvalue weighted by Crippen LogP contribution is -2.36. The molecule has 0 aliphatic heterocycles. The third-order valence-corrected chi connectivity index (χ3v) is 6.52. The maximum Gasteiger partial charge on any atom is 0.259 e. The van der Waals surface area contributed by atoms with Gasteiger partial charge in [-0.1, -0.05) is 12.8 Å². The van der Waals surface area contributed by atoms with Gasteiger partial charge in [0.2, 0.25) is 0 Å². The minimum atomic E-state index is -0.674. The average Bonchev–Trinajstić information content (AvgIpc) is 3.06. The van der Waals surface area contributed by atoms with Crippen LogP contribution in [0.2, 0.25) is 0 Å². The van der Waals surface area contributed by atoms with Crippen molar-refractivity contribution in [1.82, 2.24) is 14.9 Å². The van der Waals surface area contributed by atoms with Gasteiger partial charge in [-0.2, -0.15) is 0 Å². The zero-order chi connectivity index (χ0) is 21.5. The molecule has 0 aromatic carbocycles. The molecular weight excluding hydrogens is 402 g/mol. The third-order valence-electron chi connectivity index (χ3n) is 5.38. The van der Waals surface area contributed by atoms with Crippen LogP contribution in [0, 0.1) is 18.3 Å². The van der Waals surface area contributed by atoms with Crippen molar-refractivity contribution < 1.29 is 14.6 Å². The number of nitrogens with zero attached hydrogens (tertiary/aromatic N) is 2. The van der Waals surface area contributed by atoms with E-state index in [1.165, 1.54) is 10.4 Å². The van der Waals surface area contributed by atoms with Crippen LogP contribution in [0.25, 0.3) is 10.2 Å². The van der Waals surface area contributed by atoms with Crippen molar-refractivity contribution in [3.05, 3.63) is 26.6 Å². The van der Waals surface area contributed by atoms with Gasteiger partial charge in [-0.15, -0.1) is 17.8 Å². The summed E-state index contributed by atoms with van der Waals surface area (Å²) in [6, 6.07) is 0. The van der Waals surface area contributed by atoms with Crippen LogP contribution in [0.15, 0.2) is 4.79 Å². The predicted octanol–water partition coefficient (Wildman–Crippen LogP) is 1.96. The summed E-state index contributed by atoms with van der Waals surface area (Å²) in [5, 5.41) is 11.0. The largest absolute Gasteiger partial charge is 0.389 e. The SMILES string of the molecule is C#CCOC[C@@H](O)CN(CCCOC)Cc1nc2sc3c(c2c(=O)[nH]1)CC[C@@H](C)C3. The molecule has 30 heavy (non-hydrogen) atoms. The second kappa shape index (κ2) is 11.0. The van der Waals surface area contributed by atoms with Gasteiger partial charge in [-0.25, -0.2) is 4.98 Å². The van der Waals surface area contributed by atoms with E-state index in [4.69, 9.17) is 20.9 Å². The van der Waals surface area contributed by atoms with Crippen molar-refractivity contribution in [1.29, 1.82) is 0 Å². The number of rotatable bonds is 11. The fourth-order valence-electron chi connectivity index (χ4n) is 3.95. The van der Waals surface area contributed by atoms with Crippen LogP contribution in [-0.2, 0) is 28.9 Å². The van der Waals surface area contributed by atoms with E-state index < -0.39 is 6.10 Å². The molecule has 2 aromatic heterocycles. The van der Waals surface area contributed by atoms with Gasteiger partial charge in [0.1, 0.15) is 17.3 Å². The standard InChI is InChI=1S/C22H31N3O4S/c1-4-9-29-14-16(26)12-25(8-5-10-28-3)13-19-23-21(27)20-17-7-6-15(2)11-18(17)30-22(20)24-19/h1,15-16,26H,5-14H2,2-3H3,(H,23,24,27)/t15-,16+/m1/s1. The Labute approximate surface area is 181 Å². The molecule has 8 heteroatoms. The van der Waals surface area contributed by atoms with E-state index in [-0.39, 0.29) is 18.8 Å². The molecule has 0 saturated heterocycles. The Morgan fingerprint density at radius 1 is 1.50 bits per heavy atom. The zero-order valence-corrected chi connectivity index (χ0v) is 18.6. The summed E-state index contributed by atoms with van der Waals surface area (Å²) in [6.45, 7) is 4.78. The van der Waals surface area contributed by atoms with Crippen molar-refractivity contribution in [2.45, 2.75) is 45.3 Å². The monoisotopic (exact) mass is 433 g/mol. The number of hydrogen-bond donors (Lipinski definition) is 2. The molecule has 164 valence electrons. The van der Waals surface area contributed by atoms with Gasteiger partial charge < -0.3 is 19.6 Å². The van der Waals surface area contributed by atoms with Gasteiger partial charge in [0.15, 0.2) is 0 Å². The second-order valence-corrected chi connectivity index (χ2v) is 9.08. The van der Waals surface area contributed by atoms with Crippen LogP contribution < -0.4 is 5.56 Å². The first-order valence-electron chi connectivity index (χ1n) is 10.5. The maximum absolute atomic E-state index is 12.8. The molecule has 1 aliphatic rings. The van der Waals surface area contributed by atoms with Crippen LogP contribution in [0.3, 0.4) is 0 Å². The van der Waals surface area contributed by atoms with Crippen LogP contribution in [-0.4, -0.2) is 66.1 Å². The molecule has 0 amide bonds. The average molecular weight is 434 g/mol. The number of aromatic nitrogens is 2. The highest BCUT2D eigenvalue weighted by Gasteiger charge is 2.23. The molecule has 2 N–H and O–H groups in total. The molecule has 0 bridgehead atoms. The van der Waals surface area contributed by atoms with Crippen LogP contribution >= 0.6 is 11.3 Å². The van der Waals surface area contributed by atoms with Crippen molar-refractivity contribution >= 4 is 21.6 Å². The van der Waals surface area contributed by atoms with Gasteiger partial charge in [0, 0.05) is 31.7 Å². The number of aromatic amines is 1. The molecule has 0 unspecified atom stereocenters. The highest BCUT2D eigenvalue weighted by Crippen LogP contribution is 2.35. The van der Waals surface area contributed by atoms with E-state index in [0.29, 0.717) is 38.0 Å². The lowest BCUT2D eigenvalue weighted by molar-refractivity contribution is 0.0239. The first-order valence-corrected chi connectivity index (χ1v) is 11.3. The van der Waals surface area contributed by atoms with Crippen LogP contribution in [0.5, 0.6) is 0 Å². The number of aliphatic hydroxyl groups excluding tert-OH is 1. The Hall–Kier alpha value is -1.76. The van der Waals surface area contributed by atoms with Gasteiger partial charge >= 0.3 is 0 Å². The normalized spacial score (nSPS) is 17.2. The highest BCUT2D eigenvalue weighted by molar-refractivity contribution is 7.18. The molecule has 2 atom stereocenters. The van der Waals surface area contributed by atoms with E-state index in [9.17, 15) is 9.90 Å². The molecule has 2 aromatic rings. The molecular formula is C22H31N3O4S. The number of terminal acetylenes is 1. The molecule has 0 radical (unpaired) electrons. The van der Waals surface area contributed by atoms with Crippen molar-refractivity contribution in [3.63, 3.8) is 0 Å². The molecule has 3 rings (SSSR count). The summed E-state index contributed by atoms with van der Waals surface area (Å²) >= 11 is 1.65. The van der Waals surface area contributed by atoms with E-state index in [1.54, 1.807) is 18.4 Å². The smallest absolute Gasteiger partial charge is 0.259 e. The summed E-state index contributed by atoms with van der Waals surface area (Å²) in [7, 11) is 1.67. The first-order chi connectivity index (χ1) is 14.5. The van der Waals surface area contributed by atoms with Gasteiger partial charge in [-0.05, 0) is 37.2 Å². The fourth-order valence-corrected chi connectivity index (χ4v) is 5.35. The lowest BCUT2D eigenvalue weighted by Gasteiger charge is -2.24. The van der Waals surface area contributed by atoms with Crippen LogP contribution in [0.4, 0.5) is 0 Å². The van der Waals surface area contributed by atoms with E-state index in [1.807, 2.05) is 0 Å². The number of H-pyrrole nitrogens is 1. The third kappa shape index (κ3) is 5.90. The Balaban J connectivity index is 1.75. The molecule has 0 saturated carbocycles. The summed E-state index contributed by atoms with van der Waals surface area (Å²) in [5.74, 6) is 3.66. The number of fused-ring (bicyclic) bond motifs is 3.